The number of para-hydroxylation sites is 8. The van der Waals surface area contributed by atoms with E-state index in [9.17, 15) is 0 Å². The fraction of sp³-hybridized carbons (Fsp3) is 0.146. The molecule has 1 aliphatic carbocycles. The van der Waals surface area contributed by atoms with Crippen molar-refractivity contribution < 1.29 is 4.74 Å². The summed E-state index contributed by atoms with van der Waals surface area (Å²) in [7, 11) is 0. The van der Waals surface area contributed by atoms with E-state index in [1.54, 1.807) is 0 Å². The van der Waals surface area contributed by atoms with Gasteiger partial charge in [0.2, 0.25) is 6.71 Å². The van der Waals surface area contributed by atoms with Crippen LogP contribution in [0.2, 0.25) is 5.82 Å². The predicted molar refractivity (Wildman–Crippen MR) is 384 cm³/mol. The molecule has 90 heavy (non-hydrogen) atoms. The third-order valence-corrected chi connectivity index (χ3v) is 20.9. The fourth-order valence-electron chi connectivity index (χ4n) is 15.5. The Morgan fingerprint density at radius 3 is 1.57 bits per heavy atom. The smallest absolute Gasteiger partial charge is 0.251 e. The molecular weight excluding hydrogens is 1110 g/mol. The molecule has 0 aromatic heterocycles. The van der Waals surface area contributed by atoms with Crippen LogP contribution in [-0.2, 0) is 5.41 Å². The number of nitrogens with zero attached hydrogens (tertiary/aromatic N) is 4. The van der Waals surface area contributed by atoms with Crippen molar-refractivity contribution >= 4 is 110 Å². The van der Waals surface area contributed by atoms with E-state index in [-0.39, 0.29) is 29.9 Å². The number of fused-ring (bicyclic) bond motifs is 8. The molecule has 8 heteroatoms. The lowest BCUT2D eigenvalue weighted by Crippen LogP contribution is -2.59. The lowest BCUT2D eigenvalue weighted by molar-refractivity contribution is 0.485. The molecule has 11 aromatic carbocycles. The highest BCUT2D eigenvalue weighted by molar-refractivity contribution is 8.00. The van der Waals surface area contributed by atoms with Gasteiger partial charge < -0.3 is 24.3 Å². The van der Waals surface area contributed by atoms with Crippen LogP contribution in [0.1, 0.15) is 59.7 Å². The topological polar surface area (TPSA) is 22.2 Å². The zero-order valence-corrected chi connectivity index (χ0v) is 53.4. The number of anilines is 11. The monoisotopic (exact) mass is 1180 g/mol. The second kappa shape index (κ2) is 21.6. The van der Waals surface area contributed by atoms with Gasteiger partial charge in [0, 0.05) is 55.9 Å². The molecule has 436 valence electrons. The van der Waals surface area contributed by atoms with E-state index < -0.39 is 0 Å². The largest absolute Gasteiger partial charge is 0.458 e. The van der Waals surface area contributed by atoms with Crippen molar-refractivity contribution in [3.05, 3.63) is 299 Å². The molecule has 16 rings (SSSR count). The molecule has 0 bridgehead atoms. The van der Waals surface area contributed by atoms with Crippen LogP contribution in [0, 0.1) is 41.5 Å². The maximum atomic E-state index is 7.24. The predicted octanol–water partition coefficient (Wildman–Crippen LogP) is 19.6. The Labute approximate surface area is 535 Å². The summed E-state index contributed by atoms with van der Waals surface area (Å²) in [6.07, 6.45) is 5.43. The number of benzene rings is 11. The van der Waals surface area contributed by atoms with E-state index in [0.29, 0.717) is 0 Å². The fourth-order valence-corrected chi connectivity index (χ4v) is 17.0. The standard InChI is InChI=1S/C82H70B2N4OS/c1-51-25-22-26-52(2)79(51)85(59-31-12-10-13-32-59)61-45-71-77-72(46-61)88(81-55(5)29-24-30-56(81)6)69-39-20-17-36-64(69)83(77)66-49-67-75(50-70(66)87(71)68-38-19-16-35-63(68)57-41-43-58(44-42-57)82(7,8)9)90-76-48-62(47-74-78(76)84(67)65-37-18-21-40-73(65)89-74)86(60-33-14-11-15-34-60)80-53(3)27-23-28-54(80)4/h10-50,67,75H,1-9H3. The summed E-state index contributed by atoms with van der Waals surface area (Å²) in [5.74, 6) is 1.92. The van der Waals surface area contributed by atoms with Crippen molar-refractivity contribution in [3.63, 3.8) is 0 Å². The Morgan fingerprint density at radius 2 is 0.956 bits per heavy atom. The quantitative estimate of drug-likeness (QED) is 0.133. The molecule has 0 spiro atoms. The summed E-state index contributed by atoms with van der Waals surface area (Å²) in [5.41, 5.74) is 31.3. The lowest BCUT2D eigenvalue weighted by Gasteiger charge is -2.50. The summed E-state index contributed by atoms with van der Waals surface area (Å²) in [6.45, 7) is 20.3. The number of allylic oxidation sites excluding steroid dienone is 2. The SMILES string of the molecule is Cc1cccc(C)c1N(c1ccccc1)c1cc2c3c(c1)SC1C=C4C(=CC1B3c1ccccc1O2)B1c2ccccc2N(c2c(C)cccc2C)c2cc(N(c3ccccc3)c3c(C)cccc3C)cc(c21)N4c1ccccc1-c1ccc(C(C)(C)C)cc1. The molecular formula is C82H70B2N4OS. The minimum atomic E-state index is -0.118. The number of hydrogen-bond acceptors (Lipinski definition) is 6. The van der Waals surface area contributed by atoms with Crippen LogP contribution >= 0.6 is 11.8 Å². The van der Waals surface area contributed by atoms with Gasteiger partial charge in [0.15, 0.2) is 0 Å². The first-order chi connectivity index (χ1) is 43.8. The molecule has 0 amide bonds. The van der Waals surface area contributed by atoms with Gasteiger partial charge in [-0.05, 0) is 191 Å². The summed E-state index contributed by atoms with van der Waals surface area (Å²) in [4.78, 5) is 11.5. The first-order valence-electron chi connectivity index (χ1n) is 31.8. The Hall–Kier alpha value is -9.62. The summed E-state index contributed by atoms with van der Waals surface area (Å²) in [5, 5.41) is 0.0335. The number of aryl methyl sites for hydroxylation is 6. The Morgan fingerprint density at radius 1 is 0.433 bits per heavy atom. The molecule has 4 aliphatic heterocycles. The zero-order chi connectivity index (χ0) is 61.3. The van der Waals surface area contributed by atoms with E-state index in [1.165, 1.54) is 122 Å². The molecule has 4 heterocycles. The third kappa shape index (κ3) is 8.92. The second-order valence-electron chi connectivity index (χ2n) is 26.3. The van der Waals surface area contributed by atoms with Gasteiger partial charge in [-0.25, -0.2) is 0 Å². The highest BCUT2D eigenvalue weighted by atomic mass is 32.2. The van der Waals surface area contributed by atoms with Gasteiger partial charge in [0.1, 0.15) is 11.5 Å². The maximum absolute atomic E-state index is 7.24. The van der Waals surface area contributed by atoms with E-state index in [0.717, 1.165) is 39.9 Å². The maximum Gasteiger partial charge on any atom is 0.251 e. The van der Waals surface area contributed by atoms with Crippen molar-refractivity contribution in [3.8, 4) is 22.6 Å². The van der Waals surface area contributed by atoms with Crippen molar-refractivity contribution in [2.45, 2.75) is 83.7 Å². The number of thioether (sulfide) groups is 1. The normalized spacial score (nSPS) is 15.7. The lowest BCUT2D eigenvalue weighted by atomic mass is 9.28. The Kier molecular flexibility index (Phi) is 13.3. The van der Waals surface area contributed by atoms with Crippen LogP contribution in [0.3, 0.4) is 0 Å². The molecule has 2 unspecified atom stereocenters. The van der Waals surface area contributed by atoms with Crippen LogP contribution in [0.25, 0.3) is 11.1 Å². The van der Waals surface area contributed by atoms with Gasteiger partial charge in [-0.1, -0.05) is 197 Å². The molecule has 5 nitrogen and oxygen atoms in total. The van der Waals surface area contributed by atoms with Crippen molar-refractivity contribution in [1.82, 2.24) is 0 Å². The van der Waals surface area contributed by atoms with E-state index in [1.807, 2.05) is 11.8 Å². The van der Waals surface area contributed by atoms with Crippen LogP contribution in [0.4, 0.5) is 62.6 Å². The summed E-state index contributed by atoms with van der Waals surface area (Å²) >= 11 is 2.00. The minimum absolute atomic E-state index is 0.00232. The van der Waals surface area contributed by atoms with Crippen molar-refractivity contribution in [1.29, 1.82) is 0 Å². The van der Waals surface area contributed by atoms with Crippen LogP contribution in [0.5, 0.6) is 11.5 Å². The Balaban J connectivity index is 0.999. The van der Waals surface area contributed by atoms with Crippen LogP contribution in [-0.4, -0.2) is 18.7 Å². The van der Waals surface area contributed by atoms with Crippen molar-refractivity contribution in [2.24, 2.45) is 0 Å². The molecule has 0 saturated heterocycles. The molecule has 0 N–H and O–H groups in total. The molecule has 2 atom stereocenters. The van der Waals surface area contributed by atoms with Crippen LogP contribution in [0.15, 0.2) is 265 Å². The number of ether oxygens (including phenoxy) is 1. The van der Waals surface area contributed by atoms with Gasteiger partial charge in [0.05, 0.1) is 34.1 Å². The highest BCUT2D eigenvalue weighted by Crippen LogP contribution is 2.57. The second-order valence-corrected chi connectivity index (χ2v) is 27.5. The van der Waals surface area contributed by atoms with Crippen molar-refractivity contribution in [2.75, 3.05) is 19.6 Å². The number of hydrogen-bond donors (Lipinski definition) is 0. The first kappa shape index (κ1) is 55.7. The number of rotatable bonds is 9. The zero-order valence-electron chi connectivity index (χ0n) is 52.6. The average molecular weight is 1180 g/mol. The van der Waals surface area contributed by atoms with Gasteiger partial charge >= 0.3 is 0 Å². The van der Waals surface area contributed by atoms with Gasteiger partial charge in [-0.3, -0.25) is 0 Å². The summed E-state index contributed by atoms with van der Waals surface area (Å²) in [6, 6.07) is 88.5. The van der Waals surface area contributed by atoms with Gasteiger partial charge in [-0.15, -0.1) is 11.8 Å². The molecule has 0 fully saturated rings. The van der Waals surface area contributed by atoms with Gasteiger partial charge in [0.25, 0.3) is 6.71 Å². The van der Waals surface area contributed by atoms with E-state index >= 15 is 0 Å². The molecule has 5 aliphatic rings. The summed E-state index contributed by atoms with van der Waals surface area (Å²) < 4.78 is 7.24. The van der Waals surface area contributed by atoms with Crippen LogP contribution < -0.4 is 46.2 Å². The third-order valence-electron chi connectivity index (χ3n) is 19.6. The van der Waals surface area contributed by atoms with E-state index in [4.69, 9.17) is 4.74 Å². The first-order valence-corrected chi connectivity index (χ1v) is 32.7. The highest BCUT2D eigenvalue weighted by Gasteiger charge is 2.52. The molecule has 11 aromatic rings. The average Bonchev–Trinajstić information content (AvgIpc) is 0.692. The van der Waals surface area contributed by atoms with Gasteiger partial charge in [-0.2, -0.15) is 0 Å². The molecule has 0 radical (unpaired) electrons. The minimum Gasteiger partial charge on any atom is -0.458 e. The Bertz CT molecular complexity index is 4720. The van der Waals surface area contributed by atoms with E-state index in [2.05, 4.69) is 331 Å². The molecule has 0 saturated carbocycles.